The fraction of sp³-hybridized carbons (Fsp3) is 0.929. The first-order valence-electron chi connectivity index (χ1n) is 6.97. The Morgan fingerprint density at radius 3 is 2.53 bits per heavy atom. The number of rotatable bonds is 8. The van der Waals surface area contributed by atoms with Gasteiger partial charge in [0.25, 0.3) is 0 Å². The average Bonchev–Trinajstić information content (AvgIpc) is 3.09. The second-order valence-electron chi connectivity index (χ2n) is 5.54. The Kier molecular flexibility index (Phi) is 5.42. The number of nitrogens with one attached hydrogen (secondary N) is 1. The van der Waals surface area contributed by atoms with Crippen LogP contribution in [-0.2, 0) is 0 Å². The first-order chi connectivity index (χ1) is 8.04. The predicted octanol–water partition coefficient (Wildman–Crippen LogP) is 2.53. The highest BCUT2D eigenvalue weighted by molar-refractivity contribution is 5.08. The van der Waals surface area contributed by atoms with Gasteiger partial charge in [0.2, 0.25) is 0 Å². The maximum Gasteiger partial charge on any atom is 0.105 e. The maximum absolute atomic E-state index is 9.36. The van der Waals surface area contributed by atoms with E-state index >= 15 is 0 Å². The third-order valence-electron chi connectivity index (χ3n) is 3.59. The molecule has 2 atom stereocenters. The quantitative estimate of drug-likeness (QED) is 0.705. The van der Waals surface area contributed by atoms with Crippen molar-refractivity contribution in [1.29, 1.82) is 5.26 Å². The number of nitrogens with zero attached hydrogens (tertiary/aromatic N) is 2. The van der Waals surface area contributed by atoms with Crippen LogP contribution in [0.4, 0.5) is 0 Å². The SMILES string of the molecule is CCCN(CC)C(C)CC(C)(C#N)NC1CC1. The van der Waals surface area contributed by atoms with E-state index in [0.717, 1.165) is 19.5 Å². The molecule has 1 saturated carbocycles. The Labute approximate surface area is 106 Å². The molecule has 0 heterocycles. The molecule has 0 amide bonds. The number of hydrogen-bond acceptors (Lipinski definition) is 3. The van der Waals surface area contributed by atoms with Gasteiger partial charge in [0.15, 0.2) is 0 Å². The van der Waals surface area contributed by atoms with Gasteiger partial charge in [-0.1, -0.05) is 13.8 Å². The molecule has 1 aliphatic rings. The van der Waals surface area contributed by atoms with Gasteiger partial charge in [0, 0.05) is 12.1 Å². The molecule has 0 spiro atoms. The lowest BCUT2D eigenvalue weighted by Gasteiger charge is -2.33. The highest BCUT2D eigenvalue weighted by atomic mass is 15.2. The normalized spacial score (nSPS) is 20.9. The van der Waals surface area contributed by atoms with Crippen LogP contribution < -0.4 is 5.32 Å². The summed E-state index contributed by atoms with van der Waals surface area (Å²) in [5.74, 6) is 0. The van der Waals surface area contributed by atoms with Gasteiger partial charge in [-0.2, -0.15) is 5.26 Å². The summed E-state index contributed by atoms with van der Waals surface area (Å²) in [6.07, 6.45) is 4.56. The van der Waals surface area contributed by atoms with Gasteiger partial charge < -0.3 is 4.90 Å². The molecule has 1 aliphatic carbocycles. The molecule has 1 N–H and O–H groups in total. The van der Waals surface area contributed by atoms with Crippen molar-refractivity contribution < 1.29 is 0 Å². The summed E-state index contributed by atoms with van der Waals surface area (Å²) < 4.78 is 0. The number of nitriles is 1. The van der Waals surface area contributed by atoms with E-state index in [1.807, 2.05) is 6.92 Å². The molecule has 1 rings (SSSR count). The topological polar surface area (TPSA) is 39.1 Å². The van der Waals surface area contributed by atoms with E-state index in [4.69, 9.17) is 0 Å². The second kappa shape index (κ2) is 6.37. The van der Waals surface area contributed by atoms with Crippen molar-refractivity contribution in [3.63, 3.8) is 0 Å². The van der Waals surface area contributed by atoms with Gasteiger partial charge in [-0.15, -0.1) is 0 Å². The molecule has 0 aromatic heterocycles. The molecular weight excluding hydrogens is 210 g/mol. The van der Waals surface area contributed by atoms with Crippen LogP contribution in [-0.4, -0.2) is 35.6 Å². The van der Waals surface area contributed by atoms with Crippen molar-refractivity contribution in [2.75, 3.05) is 13.1 Å². The fourth-order valence-electron chi connectivity index (χ4n) is 2.51. The molecule has 0 bridgehead atoms. The second-order valence-corrected chi connectivity index (χ2v) is 5.54. The van der Waals surface area contributed by atoms with E-state index in [1.165, 1.54) is 19.3 Å². The Morgan fingerprint density at radius 2 is 2.12 bits per heavy atom. The van der Waals surface area contributed by atoms with Crippen LogP contribution in [0.5, 0.6) is 0 Å². The summed E-state index contributed by atoms with van der Waals surface area (Å²) in [7, 11) is 0. The molecule has 2 unspecified atom stereocenters. The summed E-state index contributed by atoms with van der Waals surface area (Å²) in [4.78, 5) is 2.46. The summed E-state index contributed by atoms with van der Waals surface area (Å²) in [5.41, 5.74) is -0.359. The lowest BCUT2D eigenvalue weighted by Crippen LogP contribution is -2.48. The summed E-state index contributed by atoms with van der Waals surface area (Å²) >= 11 is 0. The van der Waals surface area contributed by atoms with Crippen molar-refractivity contribution in [2.45, 2.75) is 71.0 Å². The van der Waals surface area contributed by atoms with Crippen molar-refractivity contribution in [3.8, 4) is 6.07 Å². The monoisotopic (exact) mass is 237 g/mol. The Bertz CT molecular complexity index is 267. The zero-order valence-corrected chi connectivity index (χ0v) is 11.8. The van der Waals surface area contributed by atoms with E-state index < -0.39 is 0 Å². The molecule has 0 radical (unpaired) electrons. The van der Waals surface area contributed by atoms with E-state index in [1.54, 1.807) is 0 Å². The largest absolute Gasteiger partial charge is 0.301 e. The van der Waals surface area contributed by atoms with Gasteiger partial charge in [-0.25, -0.2) is 0 Å². The third-order valence-corrected chi connectivity index (χ3v) is 3.59. The predicted molar refractivity (Wildman–Crippen MR) is 71.8 cm³/mol. The molecule has 0 aromatic rings. The molecular formula is C14H27N3. The molecule has 17 heavy (non-hydrogen) atoms. The van der Waals surface area contributed by atoms with Gasteiger partial charge in [0.05, 0.1) is 6.07 Å². The number of hydrogen-bond donors (Lipinski definition) is 1. The van der Waals surface area contributed by atoms with E-state index in [9.17, 15) is 5.26 Å². The zero-order chi connectivity index (χ0) is 12.9. The van der Waals surface area contributed by atoms with Crippen LogP contribution >= 0.6 is 0 Å². The molecule has 0 aliphatic heterocycles. The van der Waals surface area contributed by atoms with E-state index in [-0.39, 0.29) is 5.54 Å². The summed E-state index contributed by atoms with van der Waals surface area (Å²) in [5, 5.41) is 12.8. The van der Waals surface area contributed by atoms with E-state index in [0.29, 0.717) is 12.1 Å². The first kappa shape index (κ1) is 14.5. The van der Waals surface area contributed by atoms with Crippen LogP contribution in [0.2, 0.25) is 0 Å². The highest BCUT2D eigenvalue weighted by Gasteiger charge is 2.34. The fourth-order valence-corrected chi connectivity index (χ4v) is 2.51. The van der Waals surface area contributed by atoms with Gasteiger partial charge in [0.1, 0.15) is 5.54 Å². The Hall–Kier alpha value is -0.590. The van der Waals surface area contributed by atoms with Crippen molar-refractivity contribution in [2.24, 2.45) is 0 Å². The lowest BCUT2D eigenvalue weighted by molar-refractivity contribution is 0.184. The van der Waals surface area contributed by atoms with Crippen molar-refractivity contribution in [1.82, 2.24) is 10.2 Å². The molecule has 1 fully saturated rings. The zero-order valence-electron chi connectivity index (χ0n) is 11.8. The lowest BCUT2D eigenvalue weighted by atomic mass is 9.94. The minimum absolute atomic E-state index is 0.359. The maximum atomic E-state index is 9.36. The highest BCUT2D eigenvalue weighted by Crippen LogP contribution is 2.25. The van der Waals surface area contributed by atoms with Gasteiger partial charge >= 0.3 is 0 Å². The molecule has 0 saturated heterocycles. The van der Waals surface area contributed by atoms with Crippen LogP contribution in [0.15, 0.2) is 0 Å². The van der Waals surface area contributed by atoms with Crippen molar-refractivity contribution in [3.05, 3.63) is 0 Å². The van der Waals surface area contributed by atoms with Gasteiger partial charge in [-0.3, -0.25) is 5.32 Å². The minimum atomic E-state index is -0.359. The van der Waals surface area contributed by atoms with Crippen LogP contribution in [0, 0.1) is 11.3 Å². The van der Waals surface area contributed by atoms with E-state index in [2.05, 4.69) is 37.1 Å². The Morgan fingerprint density at radius 1 is 1.47 bits per heavy atom. The van der Waals surface area contributed by atoms with Crippen LogP contribution in [0.25, 0.3) is 0 Å². The van der Waals surface area contributed by atoms with Crippen molar-refractivity contribution >= 4 is 0 Å². The van der Waals surface area contributed by atoms with Crippen LogP contribution in [0.1, 0.15) is 53.4 Å². The smallest absolute Gasteiger partial charge is 0.105 e. The minimum Gasteiger partial charge on any atom is -0.301 e. The van der Waals surface area contributed by atoms with Gasteiger partial charge in [-0.05, 0) is 52.6 Å². The van der Waals surface area contributed by atoms with Crippen LogP contribution in [0.3, 0.4) is 0 Å². The first-order valence-corrected chi connectivity index (χ1v) is 6.97. The standard InChI is InChI=1S/C14H27N3/c1-5-9-17(6-2)12(3)10-14(4,11-15)16-13-7-8-13/h12-13,16H,5-10H2,1-4H3. The summed E-state index contributed by atoms with van der Waals surface area (Å²) in [6, 6.07) is 3.52. The third kappa shape index (κ3) is 4.65. The Balaban J connectivity index is 2.50. The molecule has 0 aromatic carbocycles. The molecule has 3 nitrogen and oxygen atoms in total. The summed E-state index contributed by atoms with van der Waals surface area (Å²) in [6.45, 7) is 10.9. The molecule has 3 heteroatoms. The average molecular weight is 237 g/mol. The molecule has 98 valence electrons.